The minimum Gasteiger partial charge on any atom is -0.384 e. The van der Waals surface area contributed by atoms with E-state index in [0.29, 0.717) is 12.6 Å². The summed E-state index contributed by atoms with van der Waals surface area (Å²) in [6, 6.07) is 0.484. The molecule has 1 rings (SSSR count). The molecular formula is C11H19N3O. The highest BCUT2D eigenvalue weighted by Crippen LogP contribution is 1.97. The Bertz CT molecular complexity index is 272. The Balaban J connectivity index is 2.41. The molecule has 15 heavy (non-hydrogen) atoms. The molecule has 4 heteroatoms. The van der Waals surface area contributed by atoms with Crippen molar-refractivity contribution in [3.8, 4) is 0 Å². The van der Waals surface area contributed by atoms with Gasteiger partial charge in [-0.3, -0.25) is 0 Å². The predicted octanol–water partition coefficient (Wildman–Crippen LogP) is 1.16. The number of aromatic nitrogens is 2. The Kier molecular flexibility index (Phi) is 5.21. The Labute approximate surface area is 91.1 Å². The van der Waals surface area contributed by atoms with E-state index in [2.05, 4.69) is 29.1 Å². The molecule has 0 amide bonds. The highest BCUT2D eigenvalue weighted by molar-refractivity contribution is 5.05. The molecule has 84 valence electrons. The summed E-state index contributed by atoms with van der Waals surface area (Å²) in [5, 5.41) is 3.32. The first-order valence-electron chi connectivity index (χ1n) is 5.24. The lowest BCUT2D eigenvalue weighted by Gasteiger charge is -2.07. The van der Waals surface area contributed by atoms with Crippen molar-refractivity contribution in [1.29, 1.82) is 0 Å². The van der Waals surface area contributed by atoms with E-state index in [-0.39, 0.29) is 0 Å². The standard InChI is InChI=1S/C11H19N3O/c1-9(2)12-6-10-7-13-11(14-8-10)4-5-15-3/h7-9,12H,4-6H2,1-3H3. The molecule has 1 aromatic rings. The maximum Gasteiger partial charge on any atom is 0.130 e. The first kappa shape index (κ1) is 12.1. The fourth-order valence-corrected chi connectivity index (χ4v) is 1.12. The van der Waals surface area contributed by atoms with Gasteiger partial charge < -0.3 is 10.1 Å². The van der Waals surface area contributed by atoms with Crippen molar-refractivity contribution >= 4 is 0 Å². The molecule has 0 atom stereocenters. The van der Waals surface area contributed by atoms with Crippen molar-refractivity contribution in [2.45, 2.75) is 32.9 Å². The molecule has 0 bridgehead atoms. The van der Waals surface area contributed by atoms with Gasteiger partial charge in [0, 0.05) is 44.1 Å². The third-order valence-corrected chi connectivity index (χ3v) is 2.00. The van der Waals surface area contributed by atoms with Crippen molar-refractivity contribution in [2.75, 3.05) is 13.7 Å². The average molecular weight is 209 g/mol. The second-order valence-corrected chi connectivity index (χ2v) is 3.79. The maximum atomic E-state index is 4.96. The van der Waals surface area contributed by atoms with Gasteiger partial charge in [-0.25, -0.2) is 9.97 Å². The molecule has 1 aromatic heterocycles. The normalized spacial score (nSPS) is 10.9. The molecule has 1 heterocycles. The zero-order chi connectivity index (χ0) is 11.1. The van der Waals surface area contributed by atoms with Gasteiger partial charge in [0.15, 0.2) is 0 Å². The second kappa shape index (κ2) is 6.48. The number of hydrogen-bond donors (Lipinski definition) is 1. The molecular weight excluding hydrogens is 190 g/mol. The van der Waals surface area contributed by atoms with Crippen LogP contribution in [0.25, 0.3) is 0 Å². The van der Waals surface area contributed by atoms with Gasteiger partial charge in [0.05, 0.1) is 6.61 Å². The number of nitrogens with zero attached hydrogens (tertiary/aromatic N) is 2. The van der Waals surface area contributed by atoms with Crippen LogP contribution >= 0.6 is 0 Å². The zero-order valence-corrected chi connectivity index (χ0v) is 9.66. The van der Waals surface area contributed by atoms with Crippen molar-refractivity contribution < 1.29 is 4.74 Å². The van der Waals surface area contributed by atoms with Crippen LogP contribution in [-0.4, -0.2) is 29.7 Å². The van der Waals surface area contributed by atoms with E-state index < -0.39 is 0 Å². The summed E-state index contributed by atoms with van der Waals surface area (Å²) in [5.41, 5.74) is 1.12. The van der Waals surface area contributed by atoms with Gasteiger partial charge in [-0.2, -0.15) is 0 Å². The fraction of sp³-hybridized carbons (Fsp3) is 0.636. The highest BCUT2D eigenvalue weighted by atomic mass is 16.5. The lowest BCUT2D eigenvalue weighted by molar-refractivity contribution is 0.200. The van der Waals surface area contributed by atoms with Gasteiger partial charge in [-0.1, -0.05) is 13.8 Å². The smallest absolute Gasteiger partial charge is 0.130 e. The molecule has 0 saturated carbocycles. The van der Waals surface area contributed by atoms with E-state index in [1.54, 1.807) is 7.11 Å². The number of methoxy groups -OCH3 is 1. The van der Waals surface area contributed by atoms with Crippen LogP contribution in [0.2, 0.25) is 0 Å². The Morgan fingerprint density at radius 2 is 2.00 bits per heavy atom. The Morgan fingerprint density at radius 1 is 1.33 bits per heavy atom. The van der Waals surface area contributed by atoms with E-state index in [4.69, 9.17) is 4.74 Å². The Hall–Kier alpha value is -1.00. The van der Waals surface area contributed by atoms with E-state index in [1.807, 2.05) is 12.4 Å². The highest BCUT2D eigenvalue weighted by Gasteiger charge is 1.98. The monoisotopic (exact) mass is 209 g/mol. The van der Waals surface area contributed by atoms with Crippen LogP contribution in [0.4, 0.5) is 0 Å². The van der Waals surface area contributed by atoms with E-state index >= 15 is 0 Å². The van der Waals surface area contributed by atoms with Gasteiger partial charge in [0.2, 0.25) is 0 Å². The van der Waals surface area contributed by atoms with Crippen LogP contribution < -0.4 is 5.32 Å². The first-order chi connectivity index (χ1) is 7.22. The van der Waals surface area contributed by atoms with E-state index in [9.17, 15) is 0 Å². The van der Waals surface area contributed by atoms with Crippen LogP contribution in [0, 0.1) is 0 Å². The summed E-state index contributed by atoms with van der Waals surface area (Å²) in [6.45, 7) is 5.73. The van der Waals surface area contributed by atoms with Gasteiger partial charge >= 0.3 is 0 Å². The summed E-state index contributed by atoms with van der Waals surface area (Å²) in [6.07, 6.45) is 4.51. The summed E-state index contributed by atoms with van der Waals surface area (Å²) in [4.78, 5) is 8.53. The molecule has 0 aromatic carbocycles. The molecule has 0 aliphatic carbocycles. The lowest BCUT2D eigenvalue weighted by atomic mass is 10.3. The second-order valence-electron chi connectivity index (χ2n) is 3.79. The summed E-state index contributed by atoms with van der Waals surface area (Å²) >= 11 is 0. The van der Waals surface area contributed by atoms with Crippen LogP contribution in [-0.2, 0) is 17.7 Å². The third kappa shape index (κ3) is 4.85. The lowest BCUT2D eigenvalue weighted by Crippen LogP contribution is -2.22. The quantitative estimate of drug-likeness (QED) is 0.764. The minimum absolute atomic E-state index is 0.484. The largest absolute Gasteiger partial charge is 0.384 e. The summed E-state index contributed by atoms with van der Waals surface area (Å²) < 4.78 is 4.96. The molecule has 0 aliphatic rings. The molecule has 0 spiro atoms. The number of nitrogens with one attached hydrogen (secondary N) is 1. The SMILES string of the molecule is COCCc1ncc(CNC(C)C)cn1. The summed E-state index contributed by atoms with van der Waals surface area (Å²) in [5.74, 6) is 0.838. The van der Waals surface area contributed by atoms with Crippen LogP contribution in [0.3, 0.4) is 0 Å². The van der Waals surface area contributed by atoms with E-state index in [0.717, 1.165) is 24.4 Å². The van der Waals surface area contributed by atoms with Crippen LogP contribution in [0.15, 0.2) is 12.4 Å². The molecule has 0 aliphatic heterocycles. The Morgan fingerprint density at radius 3 is 2.53 bits per heavy atom. The minimum atomic E-state index is 0.484. The average Bonchev–Trinajstić information content (AvgIpc) is 2.25. The molecule has 0 fully saturated rings. The fourth-order valence-electron chi connectivity index (χ4n) is 1.12. The number of hydrogen-bond acceptors (Lipinski definition) is 4. The molecule has 0 radical (unpaired) electrons. The number of ether oxygens (including phenoxy) is 1. The zero-order valence-electron chi connectivity index (χ0n) is 9.66. The third-order valence-electron chi connectivity index (χ3n) is 2.00. The number of rotatable bonds is 6. The van der Waals surface area contributed by atoms with Crippen LogP contribution in [0.1, 0.15) is 25.2 Å². The van der Waals surface area contributed by atoms with Gasteiger partial charge in [-0.05, 0) is 0 Å². The van der Waals surface area contributed by atoms with Crippen molar-refractivity contribution in [3.63, 3.8) is 0 Å². The topological polar surface area (TPSA) is 47.0 Å². The van der Waals surface area contributed by atoms with Crippen LogP contribution in [0.5, 0.6) is 0 Å². The molecule has 1 N–H and O–H groups in total. The first-order valence-corrected chi connectivity index (χ1v) is 5.24. The van der Waals surface area contributed by atoms with Crippen molar-refractivity contribution in [1.82, 2.24) is 15.3 Å². The predicted molar refractivity (Wildman–Crippen MR) is 59.6 cm³/mol. The van der Waals surface area contributed by atoms with Crippen molar-refractivity contribution in [2.24, 2.45) is 0 Å². The van der Waals surface area contributed by atoms with Gasteiger partial charge in [0.1, 0.15) is 5.82 Å². The molecule has 4 nitrogen and oxygen atoms in total. The molecule has 0 unspecified atom stereocenters. The van der Waals surface area contributed by atoms with Gasteiger partial charge in [0.25, 0.3) is 0 Å². The molecule has 0 saturated heterocycles. The van der Waals surface area contributed by atoms with Crippen molar-refractivity contribution in [3.05, 3.63) is 23.8 Å². The maximum absolute atomic E-state index is 4.96. The summed E-state index contributed by atoms with van der Waals surface area (Å²) in [7, 11) is 1.68. The van der Waals surface area contributed by atoms with Gasteiger partial charge in [-0.15, -0.1) is 0 Å². The van der Waals surface area contributed by atoms with E-state index in [1.165, 1.54) is 0 Å².